The van der Waals surface area contributed by atoms with Crippen LogP contribution in [0.1, 0.15) is 35.8 Å². The van der Waals surface area contributed by atoms with Crippen molar-refractivity contribution in [1.29, 1.82) is 0 Å². The van der Waals surface area contributed by atoms with E-state index < -0.39 is 28.5 Å². The number of carbonyl (C=O) groups is 2. The van der Waals surface area contributed by atoms with E-state index >= 15 is 0 Å². The van der Waals surface area contributed by atoms with Gasteiger partial charge in [-0.15, -0.1) is 0 Å². The SMILES string of the molecule is Cc1ccc(S(=O)(=O)N(C)c2ccc(C(=O)OCC(=O)Nc3ccnn3C(C)C)cc2)cc1. The zero-order valence-corrected chi connectivity index (χ0v) is 19.7. The number of aromatic nitrogens is 2. The second-order valence-electron chi connectivity index (χ2n) is 7.71. The van der Waals surface area contributed by atoms with Crippen molar-refractivity contribution in [2.75, 3.05) is 23.3 Å². The van der Waals surface area contributed by atoms with Crippen molar-refractivity contribution >= 4 is 33.4 Å². The van der Waals surface area contributed by atoms with Crippen molar-refractivity contribution < 1.29 is 22.7 Å². The monoisotopic (exact) mass is 470 g/mol. The number of anilines is 2. The summed E-state index contributed by atoms with van der Waals surface area (Å²) in [5.41, 5.74) is 1.53. The quantitative estimate of drug-likeness (QED) is 0.505. The van der Waals surface area contributed by atoms with Gasteiger partial charge < -0.3 is 10.1 Å². The molecule has 10 heteroatoms. The first-order chi connectivity index (χ1) is 15.6. The Hall–Kier alpha value is -3.66. The first-order valence-corrected chi connectivity index (χ1v) is 11.7. The molecule has 0 aliphatic rings. The Labute approximate surface area is 193 Å². The third kappa shape index (κ3) is 5.58. The zero-order chi connectivity index (χ0) is 24.2. The van der Waals surface area contributed by atoms with Crippen LogP contribution >= 0.6 is 0 Å². The Morgan fingerprint density at radius 2 is 1.70 bits per heavy atom. The number of carbonyl (C=O) groups excluding carboxylic acids is 2. The summed E-state index contributed by atoms with van der Waals surface area (Å²) < 4.78 is 33.5. The van der Waals surface area contributed by atoms with Gasteiger partial charge in [0.2, 0.25) is 0 Å². The average Bonchev–Trinajstić information content (AvgIpc) is 3.25. The van der Waals surface area contributed by atoms with Crippen molar-refractivity contribution in [1.82, 2.24) is 9.78 Å². The number of hydrogen-bond donors (Lipinski definition) is 1. The van der Waals surface area contributed by atoms with Crippen molar-refractivity contribution in [2.24, 2.45) is 0 Å². The summed E-state index contributed by atoms with van der Waals surface area (Å²) in [6.07, 6.45) is 1.57. The maximum Gasteiger partial charge on any atom is 0.338 e. The normalized spacial score (nSPS) is 11.3. The third-order valence-corrected chi connectivity index (χ3v) is 6.71. The van der Waals surface area contributed by atoms with E-state index in [4.69, 9.17) is 4.74 Å². The molecule has 0 fully saturated rings. The van der Waals surface area contributed by atoms with E-state index in [0.29, 0.717) is 11.5 Å². The standard InChI is InChI=1S/C23H26N4O5S/c1-16(2)27-21(13-14-24-27)25-22(28)15-32-23(29)18-7-9-19(10-8-18)26(4)33(30,31)20-11-5-17(3)6-12-20/h5-14,16H,15H2,1-4H3,(H,25,28). The predicted octanol–water partition coefficient (Wildman–Crippen LogP) is 3.39. The Morgan fingerprint density at radius 3 is 2.30 bits per heavy atom. The third-order valence-electron chi connectivity index (χ3n) is 4.91. The number of rotatable bonds is 8. The molecule has 0 aliphatic heterocycles. The number of nitrogens with one attached hydrogen (secondary N) is 1. The number of aryl methyl sites for hydroxylation is 1. The second-order valence-corrected chi connectivity index (χ2v) is 9.68. The molecular formula is C23H26N4O5S. The van der Waals surface area contributed by atoms with Crippen molar-refractivity contribution in [3.8, 4) is 0 Å². The van der Waals surface area contributed by atoms with Gasteiger partial charge in [0.1, 0.15) is 5.82 Å². The summed E-state index contributed by atoms with van der Waals surface area (Å²) in [4.78, 5) is 24.6. The predicted molar refractivity (Wildman–Crippen MR) is 125 cm³/mol. The van der Waals surface area contributed by atoms with Crippen LogP contribution in [-0.4, -0.2) is 43.7 Å². The highest BCUT2D eigenvalue weighted by molar-refractivity contribution is 7.92. The maximum absolute atomic E-state index is 12.8. The summed E-state index contributed by atoms with van der Waals surface area (Å²) in [6.45, 7) is 5.26. The van der Waals surface area contributed by atoms with E-state index in [1.165, 1.54) is 31.3 Å². The van der Waals surface area contributed by atoms with E-state index in [1.807, 2.05) is 20.8 Å². The fourth-order valence-electron chi connectivity index (χ4n) is 3.03. The lowest BCUT2D eigenvalue weighted by molar-refractivity contribution is -0.119. The molecule has 1 heterocycles. The van der Waals surface area contributed by atoms with Crippen LogP contribution in [0.4, 0.5) is 11.5 Å². The van der Waals surface area contributed by atoms with Crippen LogP contribution in [0.3, 0.4) is 0 Å². The fraction of sp³-hybridized carbons (Fsp3) is 0.261. The van der Waals surface area contributed by atoms with Gasteiger partial charge in [0.05, 0.1) is 22.3 Å². The molecule has 0 bridgehead atoms. The van der Waals surface area contributed by atoms with Crippen LogP contribution in [0.2, 0.25) is 0 Å². The molecule has 1 N–H and O–H groups in total. The highest BCUT2D eigenvalue weighted by Gasteiger charge is 2.21. The molecule has 0 aliphatic carbocycles. The van der Waals surface area contributed by atoms with Gasteiger partial charge in [0.15, 0.2) is 6.61 Å². The molecule has 0 radical (unpaired) electrons. The molecular weight excluding hydrogens is 444 g/mol. The molecule has 2 aromatic carbocycles. The molecule has 0 saturated heterocycles. The smallest absolute Gasteiger partial charge is 0.338 e. The summed E-state index contributed by atoms with van der Waals surface area (Å²) in [7, 11) is -2.30. The number of hydrogen-bond acceptors (Lipinski definition) is 6. The fourth-order valence-corrected chi connectivity index (χ4v) is 4.23. The van der Waals surface area contributed by atoms with Crippen molar-refractivity contribution in [3.05, 3.63) is 71.9 Å². The lowest BCUT2D eigenvalue weighted by atomic mass is 10.2. The Morgan fingerprint density at radius 1 is 1.06 bits per heavy atom. The molecule has 0 unspecified atom stereocenters. The van der Waals surface area contributed by atoms with Gasteiger partial charge >= 0.3 is 5.97 Å². The maximum atomic E-state index is 12.8. The van der Waals surface area contributed by atoms with E-state index in [2.05, 4.69) is 10.4 Å². The van der Waals surface area contributed by atoms with E-state index in [0.717, 1.165) is 9.87 Å². The highest BCUT2D eigenvalue weighted by atomic mass is 32.2. The number of benzene rings is 2. The molecule has 0 atom stereocenters. The van der Waals surface area contributed by atoms with Gasteiger partial charge in [-0.25, -0.2) is 17.9 Å². The lowest BCUT2D eigenvalue weighted by Crippen LogP contribution is -2.26. The van der Waals surface area contributed by atoms with Crippen LogP contribution in [0, 0.1) is 6.92 Å². The summed E-state index contributed by atoms with van der Waals surface area (Å²) in [5.74, 6) is -0.683. The van der Waals surface area contributed by atoms with Crippen LogP contribution in [0.5, 0.6) is 0 Å². The molecule has 33 heavy (non-hydrogen) atoms. The van der Waals surface area contributed by atoms with Gasteiger partial charge in [0.25, 0.3) is 15.9 Å². The largest absolute Gasteiger partial charge is 0.452 e. The molecule has 9 nitrogen and oxygen atoms in total. The molecule has 1 aromatic heterocycles. The van der Waals surface area contributed by atoms with Crippen LogP contribution in [0.15, 0.2) is 65.7 Å². The molecule has 0 spiro atoms. The van der Waals surface area contributed by atoms with Crippen molar-refractivity contribution in [2.45, 2.75) is 31.7 Å². The first-order valence-electron chi connectivity index (χ1n) is 10.3. The molecule has 1 amide bonds. The van der Waals surface area contributed by atoms with Gasteiger partial charge in [-0.05, 0) is 57.2 Å². The van der Waals surface area contributed by atoms with Gasteiger partial charge in [-0.3, -0.25) is 9.10 Å². The minimum absolute atomic E-state index is 0.0596. The number of esters is 1. The van der Waals surface area contributed by atoms with Crippen LogP contribution in [0.25, 0.3) is 0 Å². The number of amides is 1. The zero-order valence-electron chi connectivity index (χ0n) is 18.8. The number of nitrogens with zero attached hydrogens (tertiary/aromatic N) is 3. The molecule has 3 rings (SSSR count). The molecule has 3 aromatic rings. The van der Waals surface area contributed by atoms with E-state index in [9.17, 15) is 18.0 Å². The summed E-state index contributed by atoms with van der Waals surface area (Å²) in [5, 5.41) is 6.77. The first kappa shape index (κ1) is 24.0. The van der Waals surface area contributed by atoms with Gasteiger partial charge in [-0.1, -0.05) is 17.7 Å². The number of ether oxygens (including phenoxy) is 1. The molecule has 0 saturated carbocycles. The lowest BCUT2D eigenvalue weighted by Gasteiger charge is -2.19. The molecule has 174 valence electrons. The van der Waals surface area contributed by atoms with Crippen LogP contribution < -0.4 is 9.62 Å². The summed E-state index contributed by atoms with van der Waals surface area (Å²) >= 11 is 0. The second kappa shape index (κ2) is 9.86. The van der Waals surface area contributed by atoms with E-state index in [-0.39, 0.29) is 16.5 Å². The highest BCUT2D eigenvalue weighted by Crippen LogP contribution is 2.23. The Balaban J connectivity index is 1.61. The number of sulfonamides is 1. The topological polar surface area (TPSA) is 111 Å². The van der Waals surface area contributed by atoms with Crippen molar-refractivity contribution in [3.63, 3.8) is 0 Å². The summed E-state index contributed by atoms with van der Waals surface area (Å²) in [6, 6.07) is 14.2. The van der Waals surface area contributed by atoms with Crippen LogP contribution in [-0.2, 0) is 19.6 Å². The minimum Gasteiger partial charge on any atom is -0.452 e. The Bertz CT molecular complexity index is 1230. The van der Waals surface area contributed by atoms with E-state index in [1.54, 1.807) is 41.2 Å². The van der Waals surface area contributed by atoms with Gasteiger partial charge in [0, 0.05) is 19.2 Å². The van der Waals surface area contributed by atoms with Gasteiger partial charge in [-0.2, -0.15) is 5.10 Å². The average molecular weight is 471 g/mol. The minimum atomic E-state index is -3.74. The Kier molecular flexibility index (Phi) is 7.17.